The molecule has 0 atom stereocenters. The molecule has 0 aliphatic carbocycles. The van der Waals surface area contributed by atoms with Gasteiger partial charge in [0.25, 0.3) is 0 Å². The van der Waals surface area contributed by atoms with Crippen molar-refractivity contribution < 1.29 is 9.59 Å². The molecule has 0 aromatic carbocycles. The molecule has 26 heavy (non-hydrogen) atoms. The molecule has 2 aliphatic rings. The monoisotopic (exact) mass is 358 g/mol. The number of piperidine rings is 1. The topological polar surface area (TPSA) is 74.3 Å². The number of nitrogens with zero attached hydrogens (tertiary/aromatic N) is 2. The first-order chi connectivity index (χ1) is 12.6. The van der Waals surface area contributed by atoms with E-state index in [1.54, 1.807) is 6.92 Å². The van der Waals surface area contributed by atoms with E-state index in [0.29, 0.717) is 13.0 Å². The number of amides is 1. The van der Waals surface area contributed by atoms with Crippen LogP contribution in [-0.2, 0) is 22.4 Å². The number of rotatable bonds is 7. The van der Waals surface area contributed by atoms with Crippen LogP contribution in [0.3, 0.4) is 0 Å². The van der Waals surface area contributed by atoms with Gasteiger partial charge in [-0.15, -0.1) is 0 Å². The lowest BCUT2D eigenvalue weighted by Gasteiger charge is -2.31. The van der Waals surface area contributed by atoms with E-state index in [-0.39, 0.29) is 17.7 Å². The molecule has 142 valence electrons. The lowest BCUT2D eigenvalue weighted by molar-refractivity contribution is -0.123. The van der Waals surface area contributed by atoms with Gasteiger partial charge in [0, 0.05) is 37.8 Å². The number of nitrogens with one attached hydrogen (secondary N) is 2. The highest BCUT2D eigenvalue weighted by Crippen LogP contribution is 2.20. The molecule has 0 spiro atoms. The van der Waals surface area contributed by atoms with Crippen LogP contribution in [0.5, 0.6) is 0 Å². The van der Waals surface area contributed by atoms with Gasteiger partial charge in [0.1, 0.15) is 11.6 Å². The lowest BCUT2D eigenvalue weighted by Crippen LogP contribution is -2.45. The van der Waals surface area contributed by atoms with E-state index in [9.17, 15) is 9.59 Å². The lowest BCUT2D eigenvalue weighted by atomic mass is 10.0. The van der Waals surface area contributed by atoms with Crippen LogP contribution in [-0.4, -0.2) is 53.8 Å². The van der Waals surface area contributed by atoms with Gasteiger partial charge in [-0.2, -0.15) is 0 Å². The molecule has 1 saturated heterocycles. The first-order valence-electron chi connectivity index (χ1n) is 9.84. The van der Waals surface area contributed by atoms with Crippen molar-refractivity contribution in [3.05, 3.63) is 23.4 Å². The molecule has 3 heterocycles. The second-order valence-electron chi connectivity index (χ2n) is 7.51. The van der Waals surface area contributed by atoms with Gasteiger partial charge in [0.2, 0.25) is 5.91 Å². The first-order valence-corrected chi connectivity index (χ1v) is 9.84. The summed E-state index contributed by atoms with van der Waals surface area (Å²) in [5.41, 5.74) is 2.36. The van der Waals surface area contributed by atoms with Gasteiger partial charge in [0.05, 0.1) is 6.54 Å². The van der Waals surface area contributed by atoms with Crippen LogP contribution < -0.4 is 10.6 Å². The molecule has 0 bridgehead atoms. The number of aromatic nitrogens is 1. The van der Waals surface area contributed by atoms with Crippen LogP contribution in [0.15, 0.2) is 12.1 Å². The Morgan fingerprint density at radius 3 is 2.88 bits per heavy atom. The molecule has 0 saturated carbocycles. The van der Waals surface area contributed by atoms with Gasteiger partial charge in [0.15, 0.2) is 0 Å². The van der Waals surface area contributed by atoms with E-state index in [1.807, 2.05) is 0 Å². The number of anilines is 1. The van der Waals surface area contributed by atoms with E-state index < -0.39 is 0 Å². The summed E-state index contributed by atoms with van der Waals surface area (Å²) in [6, 6.07) is 4.50. The third-order valence-corrected chi connectivity index (χ3v) is 5.19. The minimum absolute atomic E-state index is 0.131. The van der Waals surface area contributed by atoms with Gasteiger partial charge < -0.3 is 10.6 Å². The number of fused-ring (bicyclic) bond motifs is 1. The number of pyridine rings is 1. The van der Waals surface area contributed by atoms with Gasteiger partial charge in [-0.25, -0.2) is 4.98 Å². The molecule has 6 heteroatoms. The normalized spacial score (nSPS) is 18.0. The molecule has 1 amide bonds. The number of ketones is 1. The minimum Gasteiger partial charge on any atom is -0.370 e. The Labute approximate surface area is 155 Å². The summed E-state index contributed by atoms with van der Waals surface area (Å²) in [5, 5.41) is 6.50. The number of carbonyl (C=O) groups excluding carboxylic acids is 2. The highest BCUT2D eigenvalue weighted by atomic mass is 16.1. The highest BCUT2D eigenvalue weighted by molar-refractivity contribution is 5.77. The molecule has 1 aromatic heterocycles. The zero-order chi connectivity index (χ0) is 18.4. The Morgan fingerprint density at radius 1 is 1.31 bits per heavy atom. The number of hydrogen-bond acceptors (Lipinski definition) is 5. The largest absolute Gasteiger partial charge is 0.370 e. The van der Waals surface area contributed by atoms with E-state index in [0.717, 1.165) is 63.3 Å². The molecular formula is C20H30N4O2. The fourth-order valence-electron chi connectivity index (χ4n) is 3.79. The van der Waals surface area contributed by atoms with Crippen LogP contribution >= 0.6 is 0 Å². The standard InChI is InChI=1S/C20H30N4O2/c1-15(25)14-24-12-9-18(10-13-24)22-19(26)6-2-5-17-8-7-16-4-3-11-21-20(16)23-17/h7-8,18H,2-6,9-14H2,1H3,(H,21,23)(H,22,26). The Kier molecular flexibility index (Phi) is 6.61. The van der Waals surface area contributed by atoms with Crippen molar-refractivity contribution in [1.82, 2.24) is 15.2 Å². The number of likely N-dealkylation sites (tertiary alicyclic amines) is 1. The molecule has 0 radical (unpaired) electrons. The maximum absolute atomic E-state index is 12.2. The molecule has 1 fully saturated rings. The third kappa shape index (κ3) is 5.53. The van der Waals surface area contributed by atoms with Crippen LogP contribution in [0.2, 0.25) is 0 Å². The third-order valence-electron chi connectivity index (χ3n) is 5.19. The molecule has 2 N–H and O–H groups in total. The fraction of sp³-hybridized carbons (Fsp3) is 0.650. The smallest absolute Gasteiger partial charge is 0.220 e. The second-order valence-corrected chi connectivity index (χ2v) is 7.51. The molecule has 2 aliphatic heterocycles. The highest BCUT2D eigenvalue weighted by Gasteiger charge is 2.21. The number of aryl methyl sites for hydroxylation is 2. The maximum Gasteiger partial charge on any atom is 0.220 e. The molecular weight excluding hydrogens is 328 g/mol. The second kappa shape index (κ2) is 9.12. The van der Waals surface area contributed by atoms with Gasteiger partial charge in [-0.05, 0) is 57.1 Å². The number of Topliss-reactive ketones (excluding diaryl/α,β-unsaturated/α-hetero) is 1. The summed E-state index contributed by atoms with van der Waals surface area (Å²) in [7, 11) is 0. The minimum atomic E-state index is 0.131. The van der Waals surface area contributed by atoms with Crippen molar-refractivity contribution in [3.8, 4) is 0 Å². The van der Waals surface area contributed by atoms with Crippen LogP contribution in [0.4, 0.5) is 5.82 Å². The predicted molar refractivity (Wildman–Crippen MR) is 102 cm³/mol. The summed E-state index contributed by atoms with van der Waals surface area (Å²) in [5.74, 6) is 1.36. The van der Waals surface area contributed by atoms with Gasteiger partial charge in [-0.1, -0.05) is 6.07 Å². The van der Waals surface area contributed by atoms with Crippen molar-refractivity contribution in [1.29, 1.82) is 0 Å². The Balaban J connectivity index is 1.35. The average Bonchev–Trinajstić information content (AvgIpc) is 2.63. The summed E-state index contributed by atoms with van der Waals surface area (Å²) in [4.78, 5) is 30.2. The maximum atomic E-state index is 12.2. The van der Waals surface area contributed by atoms with Crippen molar-refractivity contribution >= 4 is 17.5 Å². The molecule has 6 nitrogen and oxygen atoms in total. The van der Waals surface area contributed by atoms with E-state index in [4.69, 9.17) is 0 Å². The fourth-order valence-corrected chi connectivity index (χ4v) is 3.79. The summed E-state index contributed by atoms with van der Waals surface area (Å²) < 4.78 is 0. The van der Waals surface area contributed by atoms with E-state index >= 15 is 0 Å². The molecule has 3 rings (SSSR count). The summed E-state index contributed by atoms with van der Waals surface area (Å²) >= 11 is 0. The quantitative estimate of drug-likeness (QED) is 0.779. The average molecular weight is 358 g/mol. The summed E-state index contributed by atoms with van der Waals surface area (Å²) in [6.45, 7) is 4.93. The molecule has 1 aromatic rings. The van der Waals surface area contributed by atoms with Gasteiger partial charge in [-0.3, -0.25) is 14.5 Å². The SMILES string of the molecule is CC(=O)CN1CCC(NC(=O)CCCc2ccc3c(n2)NCCC3)CC1. The summed E-state index contributed by atoms with van der Waals surface area (Å²) in [6.07, 6.45) is 6.32. The zero-order valence-corrected chi connectivity index (χ0v) is 15.7. The van der Waals surface area contributed by atoms with Crippen molar-refractivity contribution in [2.75, 3.05) is 31.5 Å². The van der Waals surface area contributed by atoms with Crippen molar-refractivity contribution in [2.24, 2.45) is 0 Å². The van der Waals surface area contributed by atoms with Crippen LogP contribution in [0.1, 0.15) is 50.3 Å². The van der Waals surface area contributed by atoms with E-state index in [2.05, 4.69) is 32.7 Å². The van der Waals surface area contributed by atoms with Crippen molar-refractivity contribution in [2.45, 2.75) is 57.9 Å². The Hall–Kier alpha value is -1.95. The van der Waals surface area contributed by atoms with Crippen LogP contribution in [0, 0.1) is 0 Å². The number of hydrogen-bond donors (Lipinski definition) is 2. The Morgan fingerprint density at radius 2 is 2.12 bits per heavy atom. The molecule has 0 unspecified atom stereocenters. The number of carbonyl (C=O) groups is 2. The van der Waals surface area contributed by atoms with Crippen LogP contribution in [0.25, 0.3) is 0 Å². The van der Waals surface area contributed by atoms with Crippen molar-refractivity contribution in [3.63, 3.8) is 0 Å². The van der Waals surface area contributed by atoms with Gasteiger partial charge >= 0.3 is 0 Å². The zero-order valence-electron chi connectivity index (χ0n) is 15.7. The van der Waals surface area contributed by atoms with E-state index in [1.165, 1.54) is 12.0 Å². The predicted octanol–water partition coefficient (Wildman–Crippen LogP) is 1.93. The first kappa shape index (κ1) is 18.8. The Bertz CT molecular complexity index is 639.